The maximum absolute atomic E-state index is 12.0. The summed E-state index contributed by atoms with van der Waals surface area (Å²) in [6.45, 7) is 2.16. The quantitative estimate of drug-likeness (QED) is 0.806. The van der Waals surface area contributed by atoms with Crippen LogP contribution in [0, 0.1) is 0 Å². The highest BCUT2D eigenvalue weighted by Gasteiger charge is 2.12. The lowest BCUT2D eigenvalue weighted by atomic mass is 10.2. The van der Waals surface area contributed by atoms with E-state index in [1.54, 1.807) is 37.3 Å². The van der Waals surface area contributed by atoms with E-state index in [-0.39, 0.29) is 12.5 Å². The molecule has 0 aliphatic carbocycles. The smallest absolute Gasteiger partial charge is 0.251 e. The minimum absolute atomic E-state index is 0.190. The summed E-state index contributed by atoms with van der Waals surface area (Å²) in [6, 6.07) is 12.3. The van der Waals surface area contributed by atoms with Crippen LogP contribution in [-0.2, 0) is 6.61 Å². The topological polar surface area (TPSA) is 67.8 Å². The highest BCUT2D eigenvalue weighted by atomic mass is 35.5. The summed E-state index contributed by atoms with van der Waals surface area (Å²) in [6.07, 6.45) is -0.599. The molecule has 0 saturated carbocycles. The molecule has 128 valence electrons. The van der Waals surface area contributed by atoms with E-state index < -0.39 is 6.10 Å². The number of carbonyl (C=O) groups is 1. The molecule has 24 heavy (non-hydrogen) atoms. The Morgan fingerprint density at radius 3 is 2.54 bits per heavy atom. The van der Waals surface area contributed by atoms with Crippen LogP contribution in [0.3, 0.4) is 0 Å². The molecule has 2 aromatic rings. The Bertz CT molecular complexity index is 686. The molecule has 0 aromatic heterocycles. The third kappa shape index (κ3) is 5.15. The number of methoxy groups -OCH3 is 1. The molecule has 0 fully saturated rings. The summed E-state index contributed by atoms with van der Waals surface area (Å²) in [4.78, 5) is 12.0. The second-order valence-electron chi connectivity index (χ2n) is 5.34. The van der Waals surface area contributed by atoms with Crippen LogP contribution in [0.1, 0.15) is 22.8 Å². The average molecular weight is 350 g/mol. The van der Waals surface area contributed by atoms with Gasteiger partial charge < -0.3 is 19.9 Å². The van der Waals surface area contributed by atoms with Crippen LogP contribution in [0.5, 0.6) is 11.5 Å². The van der Waals surface area contributed by atoms with Gasteiger partial charge in [0.1, 0.15) is 6.61 Å². The van der Waals surface area contributed by atoms with E-state index in [4.69, 9.17) is 21.1 Å². The van der Waals surface area contributed by atoms with Crippen molar-refractivity contribution in [1.29, 1.82) is 0 Å². The normalized spacial score (nSPS) is 11.7. The number of amides is 1. The van der Waals surface area contributed by atoms with Crippen molar-refractivity contribution in [3.63, 3.8) is 0 Å². The van der Waals surface area contributed by atoms with Crippen LogP contribution in [0.15, 0.2) is 42.5 Å². The first-order chi connectivity index (χ1) is 11.5. The molecule has 2 aromatic carbocycles. The fourth-order valence-corrected chi connectivity index (χ4v) is 2.14. The van der Waals surface area contributed by atoms with Gasteiger partial charge in [-0.05, 0) is 42.8 Å². The SMILES string of the molecule is COc1cc(C(=O)NCC(C)O)ccc1OCc1ccc(Cl)cc1. The number of aliphatic hydroxyl groups excluding tert-OH is 1. The van der Waals surface area contributed by atoms with Crippen LogP contribution in [-0.4, -0.2) is 30.8 Å². The molecule has 0 saturated heterocycles. The van der Waals surface area contributed by atoms with Crippen molar-refractivity contribution in [2.24, 2.45) is 0 Å². The van der Waals surface area contributed by atoms with Crippen molar-refractivity contribution in [1.82, 2.24) is 5.32 Å². The Kier molecular flexibility index (Phi) is 6.46. The first-order valence-corrected chi connectivity index (χ1v) is 7.89. The second-order valence-corrected chi connectivity index (χ2v) is 5.78. The first kappa shape index (κ1) is 18.1. The van der Waals surface area contributed by atoms with E-state index in [9.17, 15) is 9.90 Å². The molecule has 0 heterocycles. The summed E-state index contributed by atoms with van der Waals surface area (Å²) in [5, 5.41) is 12.5. The van der Waals surface area contributed by atoms with Gasteiger partial charge in [-0.3, -0.25) is 4.79 Å². The van der Waals surface area contributed by atoms with Crippen molar-refractivity contribution in [3.05, 3.63) is 58.6 Å². The molecular weight excluding hydrogens is 330 g/mol. The Morgan fingerprint density at radius 2 is 1.92 bits per heavy atom. The zero-order valence-corrected chi connectivity index (χ0v) is 14.3. The van der Waals surface area contributed by atoms with Crippen LogP contribution in [0.2, 0.25) is 5.02 Å². The maximum Gasteiger partial charge on any atom is 0.251 e. The lowest BCUT2D eigenvalue weighted by Gasteiger charge is -2.13. The third-order valence-corrected chi connectivity index (χ3v) is 3.54. The van der Waals surface area contributed by atoms with E-state index in [1.165, 1.54) is 7.11 Å². The van der Waals surface area contributed by atoms with Gasteiger partial charge in [-0.15, -0.1) is 0 Å². The monoisotopic (exact) mass is 349 g/mol. The van der Waals surface area contributed by atoms with E-state index in [2.05, 4.69) is 5.32 Å². The molecule has 0 aliphatic rings. The van der Waals surface area contributed by atoms with Gasteiger partial charge in [-0.25, -0.2) is 0 Å². The number of rotatable bonds is 7. The number of ether oxygens (including phenoxy) is 2. The number of halogens is 1. The number of benzene rings is 2. The van der Waals surface area contributed by atoms with E-state index >= 15 is 0 Å². The Morgan fingerprint density at radius 1 is 1.21 bits per heavy atom. The summed E-state index contributed by atoms with van der Waals surface area (Å²) in [7, 11) is 1.52. The van der Waals surface area contributed by atoms with E-state index in [0.29, 0.717) is 28.7 Å². The van der Waals surface area contributed by atoms with E-state index in [1.807, 2.05) is 12.1 Å². The van der Waals surface area contributed by atoms with Gasteiger partial charge in [0.05, 0.1) is 13.2 Å². The first-order valence-electron chi connectivity index (χ1n) is 7.51. The molecule has 0 spiro atoms. The molecule has 1 unspecified atom stereocenters. The summed E-state index contributed by atoms with van der Waals surface area (Å²) in [5.41, 5.74) is 1.41. The molecular formula is C18H20ClNO4. The summed E-state index contributed by atoms with van der Waals surface area (Å²) >= 11 is 5.85. The molecule has 5 nitrogen and oxygen atoms in total. The van der Waals surface area contributed by atoms with Gasteiger partial charge in [-0.1, -0.05) is 23.7 Å². The van der Waals surface area contributed by atoms with Crippen LogP contribution in [0.4, 0.5) is 0 Å². The zero-order chi connectivity index (χ0) is 17.5. The van der Waals surface area contributed by atoms with Crippen molar-refractivity contribution >= 4 is 17.5 Å². The molecule has 6 heteroatoms. The van der Waals surface area contributed by atoms with Crippen LogP contribution >= 0.6 is 11.6 Å². The van der Waals surface area contributed by atoms with Gasteiger partial charge in [0, 0.05) is 17.1 Å². The van der Waals surface area contributed by atoms with Gasteiger partial charge in [0.15, 0.2) is 11.5 Å². The van der Waals surface area contributed by atoms with Crippen molar-refractivity contribution in [3.8, 4) is 11.5 Å². The third-order valence-electron chi connectivity index (χ3n) is 3.29. The predicted octanol–water partition coefficient (Wildman–Crippen LogP) is 3.04. The van der Waals surface area contributed by atoms with Crippen molar-refractivity contribution in [2.75, 3.05) is 13.7 Å². The minimum atomic E-state index is -0.599. The number of aliphatic hydroxyl groups is 1. The number of hydrogen-bond donors (Lipinski definition) is 2. The fraction of sp³-hybridized carbons (Fsp3) is 0.278. The largest absolute Gasteiger partial charge is 0.493 e. The molecule has 0 bridgehead atoms. The molecule has 1 amide bonds. The van der Waals surface area contributed by atoms with Gasteiger partial charge in [-0.2, -0.15) is 0 Å². The zero-order valence-electron chi connectivity index (χ0n) is 13.6. The maximum atomic E-state index is 12.0. The average Bonchev–Trinajstić information content (AvgIpc) is 2.59. The number of hydrogen-bond acceptors (Lipinski definition) is 4. The van der Waals surface area contributed by atoms with E-state index in [0.717, 1.165) is 5.56 Å². The van der Waals surface area contributed by atoms with Crippen molar-refractivity contribution in [2.45, 2.75) is 19.6 Å². The lowest BCUT2D eigenvalue weighted by molar-refractivity contribution is 0.0923. The van der Waals surface area contributed by atoms with Crippen LogP contribution in [0.25, 0.3) is 0 Å². The highest BCUT2D eigenvalue weighted by molar-refractivity contribution is 6.30. The second kappa shape index (κ2) is 8.57. The van der Waals surface area contributed by atoms with Gasteiger partial charge in [0.2, 0.25) is 0 Å². The van der Waals surface area contributed by atoms with Gasteiger partial charge >= 0.3 is 0 Å². The molecule has 0 aliphatic heterocycles. The Labute approximate surface area is 146 Å². The predicted molar refractivity (Wildman–Crippen MR) is 92.8 cm³/mol. The van der Waals surface area contributed by atoms with Gasteiger partial charge in [0.25, 0.3) is 5.91 Å². The lowest BCUT2D eigenvalue weighted by Crippen LogP contribution is -2.30. The number of nitrogens with one attached hydrogen (secondary N) is 1. The molecule has 1 atom stereocenters. The standard InChI is InChI=1S/C18H20ClNO4/c1-12(21)10-20-18(22)14-5-8-16(17(9-14)23-2)24-11-13-3-6-15(19)7-4-13/h3-9,12,21H,10-11H2,1-2H3,(H,20,22). The Balaban J connectivity index is 2.05. The highest BCUT2D eigenvalue weighted by Crippen LogP contribution is 2.29. The summed E-state index contributed by atoms with van der Waals surface area (Å²) in [5.74, 6) is 0.728. The fourth-order valence-electron chi connectivity index (χ4n) is 2.01. The molecule has 2 N–H and O–H groups in total. The minimum Gasteiger partial charge on any atom is -0.493 e. The number of carbonyl (C=O) groups excluding carboxylic acids is 1. The Hall–Kier alpha value is -2.24. The molecule has 2 rings (SSSR count). The molecule has 0 radical (unpaired) electrons. The summed E-state index contributed by atoms with van der Waals surface area (Å²) < 4.78 is 11.0. The van der Waals surface area contributed by atoms with Crippen LogP contribution < -0.4 is 14.8 Å². The van der Waals surface area contributed by atoms with Crippen molar-refractivity contribution < 1.29 is 19.4 Å².